The van der Waals surface area contributed by atoms with Gasteiger partial charge in [-0.05, 0) is 34.9 Å². The maximum atomic E-state index is 14.8. The topological polar surface area (TPSA) is 77.6 Å². The van der Waals surface area contributed by atoms with Gasteiger partial charge in [0.1, 0.15) is 18.0 Å². The van der Waals surface area contributed by atoms with Gasteiger partial charge in [0.25, 0.3) is 0 Å². The Bertz CT molecular complexity index is 1090. The van der Waals surface area contributed by atoms with Crippen molar-refractivity contribution in [2.24, 2.45) is 0 Å². The highest BCUT2D eigenvalue weighted by atomic mass is 32.2. The molecule has 0 aliphatic carbocycles. The second-order valence-electron chi connectivity index (χ2n) is 6.01. The molecule has 0 saturated carbocycles. The molecule has 2 N–H and O–H groups in total. The predicted molar refractivity (Wildman–Crippen MR) is 109 cm³/mol. The number of hydrogen-bond acceptors (Lipinski definition) is 6. The number of thioether (sulfide) groups is 1. The van der Waals surface area contributed by atoms with Crippen molar-refractivity contribution in [3.63, 3.8) is 0 Å². The van der Waals surface area contributed by atoms with Gasteiger partial charge in [-0.15, -0.1) is 11.8 Å². The van der Waals surface area contributed by atoms with E-state index in [0.29, 0.717) is 17.1 Å². The molecule has 0 fully saturated rings. The molecule has 7 heteroatoms. The van der Waals surface area contributed by atoms with Gasteiger partial charge >= 0.3 is 0 Å². The van der Waals surface area contributed by atoms with Crippen LogP contribution < -0.4 is 5.73 Å². The number of halogens is 1. The first kappa shape index (κ1) is 18.1. The van der Waals surface area contributed by atoms with E-state index in [2.05, 4.69) is 19.9 Å². The quantitative estimate of drug-likeness (QED) is 0.397. The molecule has 0 aliphatic rings. The SMILES string of the molecule is Nc1cnc(-c2ccc(-c3ccccc3CSc3ccncn3)cc2F)cn1. The standard InChI is InChI=1S/C21H16FN5S/c22-18-9-14(5-6-17(18)19-10-26-20(23)11-25-19)16-4-2-1-3-15(16)12-28-21-7-8-24-13-27-21/h1-11,13H,12H2,(H2,23,26). The molecule has 0 saturated heterocycles. The van der Waals surface area contributed by atoms with E-state index in [1.165, 1.54) is 24.8 Å². The van der Waals surface area contributed by atoms with Crippen molar-refractivity contribution in [2.45, 2.75) is 10.8 Å². The van der Waals surface area contributed by atoms with Gasteiger partial charge in [-0.3, -0.25) is 4.98 Å². The van der Waals surface area contributed by atoms with E-state index in [1.807, 2.05) is 36.4 Å². The van der Waals surface area contributed by atoms with Crippen molar-refractivity contribution in [1.82, 2.24) is 19.9 Å². The lowest BCUT2D eigenvalue weighted by atomic mass is 9.98. The van der Waals surface area contributed by atoms with Gasteiger partial charge in [-0.1, -0.05) is 30.3 Å². The fraction of sp³-hybridized carbons (Fsp3) is 0.0476. The second kappa shape index (κ2) is 8.14. The molecule has 28 heavy (non-hydrogen) atoms. The normalized spacial score (nSPS) is 10.8. The van der Waals surface area contributed by atoms with Crippen molar-refractivity contribution in [1.29, 1.82) is 0 Å². The van der Waals surface area contributed by atoms with Gasteiger partial charge in [-0.2, -0.15) is 0 Å². The highest BCUT2D eigenvalue weighted by Crippen LogP contribution is 2.31. The number of nitrogen functional groups attached to an aromatic ring is 1. The molecule has 4 rings (SSSR count). The summed E-state index contributed by atoms with van der Waals surface area (Å²) in [6.45, 7) is 0. The fourth-order valence-corrected chi connectivity index (χ4v) is 3.64. The Morgan fingerprint density at radius 3 is 2.57 bits per heavy atom. The van der Waals surface area contributed by atoms with Crippen LogP contribution in [-0.2, 0) is 5.75 Å². The Hall–Kier alpha value is -3.32. The molecule has 0 spiro atoms. The lowest BCUT2D eigenvalue weighted by Gasteiger charge is -2.11. The molecule has 2 heterocycles. The Balaban J connectivity index is 1.62. The van der Waals surface area contributed by atoms with Crippen molar-refractivity contribution < 1.29 is 4.39 Å². The molecule has 2 aromatic heterocycles. The van der Waals surface area contributed by atoms with E-state index >= 15 is 0 Å². The minimum absolute atomic E-state index is 0.302. The number of nitrogens with two attached hydrogens (primary N) is 1. The lowest BCUT2D eigenvalue weighted by molar-refractivity contribution is 0.631. The molecule has 138 valence electrons. The summed E-state index contributed by atoms with van der Waals surface area (Å²) in [5, 5.41) is 0.897. The highest BCUT2D eigenvalue weighted by molar-refractivity contribution is 7.98. The number of nitrogens with zero attached hydrogens (tertiary/aromatic N) is 4. The smallest absolute Gasteiger partial charge is 0.141 e. The predicted octanol–water partition coefficient (Wildman–Crippen LogP) is 4.61. The van der Waals surface area contributed by atoms with E-state index in [1.54, 1.807) is 24.0 Å². The zero-order valence-corrected chi connectivity index (χ0v) is 15.6. The molecule has 0 unspecified atom stereocenters. The van der Waals surface area contributed by atoms with Crippen molar-refractivity contribution in [2.75, 3.05) is 5.73 Å². The number of anilines is 1. The average Bonchev–Trinajstić information content (AvgIpc) is 2.74. The van der Waals surface area contributed by atoms with Gasteiger partial charge in [0.05, 0.1) is 23.1 Å². The van der Waals surface area contributed by atoms with Gasteiger partial charge < -0.3 is 5.73 Å². The molecule has 0 aliphatic heterocycles. The number of rotatable bonds is 5. The van der Waals surface area contributed by atoms with E-state index in [9.17, 15) is 4.39 Å². The first-order valence-corrected chi connectivity index (χ1v) is 9.54. The van der Waals surface area contributed by atoms with Crippen LogP contribution in [-0.4, -0.2) is 19.9 Å². The monoisotopic (exact) mass is 389 g/mol. The Morgan fingerprint density at radius 1 is 0.929 bits per heavy atom. The maximum absolute atomic E-state index is 14.8. The van der Waals surface area contributed by atoms with Gasteiger partial charge in [0, 0.05) is 17.5 Å². The van der Waals surface area contributed by atoms with Crippen LogP contribution in [0.4, 0.5) is 10.2 Å². The molecule has 0 amide bonds. The molecule has 0 atom stereocenters. The summed E-state index contributed by atoms with van der Waals surface area (Å²) in [5.74, 6) is 0.672. The van der Waals surface area contributed by atoms with Crippen molar-refractivity contribution in [3.8, 4) is 22.4 Å². The number of aromatic nitrogens is 4. The summed E-state index contributed by atoms with van der Waals surface area (Å²) in [7, 11) is 0. The Kier molecular flexibility index (Phi) is 5.25. The van der Waals surface area contributed by atoms with E-state index in [-0.39, 0.29) is 5.82 Å². The third kappa shape index (κ3) is 3.99. The molecule has 0 radical (unpaired) electrons. The minimum atomic E-state index is -0.352. The molecule has 5 nitrogen and oxygen atoms in total. The van der Waals surface area contributed by atoms with Gasteiger partial charge in [0.2, 0.25) is 0 Å². The van der Waals surface area contributed by atoms with Gasteiger partial charge in [-0.25, -0.2) is 19.3 Å². The summed E-state index contributed by atoms with van der Waals surface area (Å²) in [4.78, 5) is 16.3. The van der Waals surface area contributed by atoms with Crippen molar-refractivity contribution >= 4 is 17.6 Å². The highest BCUT2D eigenvalue weighted by Gasteiger charge is 2.11. The molecule has 4 aromatic rings. The third-order valence-corrected chi connectivity index (χ3v) is 5.17. The van der Waals surface area contributed by atoms with Crippen LogP contribution >= 0.6 is 11.8 Å². The molecular formula is C21H16FN5S. The maximum Gasteiger partial charge on any atom is 0.141 e. The van der Waals surface area contributed by atoms with E-state index < -0.39 is 0 Å². The second-order valence-corrected chi connectivity index (χ2v) is 7.01. The van der Waals surface area contributed by atoms with Crippen LogP contribution in [0.2, 0.25) is 0 Å². The van der Waals surface area contributed by atoms with Crippen LogP contribution in [0.15, 0.2) is 78.5 Å². The zero-order chi connectivity index (χ0) is 19.3. The third-order valence-electron chi connectivity index (χ3n) is 4.18. The Morgan fingerprint density at radius 2 is 1.82 bits per heavy atom. The Labute approximate surface area is 165 Å². The minimum Gasteiger partial charge on any atom is -0.382 e. The van der Waals surface area contributed by atoms with Crippen LogP contribution in [0.3, 0.4) is 0 Å². The summed E-state index contributed by atoms with van der Waals surface area (Å²) in [6.07, 6.45) is 6.14. The van der Waals surface area contributed by atoms with Crippen LogP contribution in [0.25, 0.3) is 22.4 Å². The average molecular weight is 389 g/mol. The largest absolute Gasteiger partial charge is 0.382 e. The number of benzene rings is 2. The first-order chi connectivity index (χ1) is 13.7. The van der Waals surface area contributed by atoms with E-state index in [4.69, 9.17) is 5.73 Å². The summed E-state index contributed by atoms with van der Waals surface area (Å²) < 4.78 is 14.8. The van der Waals surface area contributed by atoms with Crippen LogP contribution in [0.1, 0.15) is 5.56 Å². The van der Waals surface area contributed by atoms with Crippen molar-refractivity contribution in [3.05, 3.63) is 84.8 Å². The van der Waals surface area contributed by atoms with E-state index in [0.717, 1.165) is 27.5 Å². The van der Waals surface area contributed by atoms with Crippen LogP contribution in [0.5, 0.6) is 0 Å². The molecule has 0 bridgehead atoms. The zero-order valence-electron chi connectivity index (χ0n) is 14.8. The fourth-order valence-electron chi connectivity index (χ4n) is 2.81. The first-order valence-electron chi connectivity index (χ1n) is 8.55. The lowest BCUT2D eigenvalue weighted by Crippen LogP contribution is -1.95. The molecule has 2 aromatic carbocycles. The van der Waals surface area contributed by atoms with Gasteiger partial charge in [0.15, 0.2) is 0 Å². The summed E-state index contributed by atoms with van der Waals surface area (Å²) >= 11 is 1.61. The summed E-state index contributed by atoms with van der Waals surface area (Å²) in [6, 6.07) is 15.0. The summed E-state index contributed by atoms with van der Waals surface area (Å²) in [5.41, 5.74) is 9.29. The van der Waals surface area contributed by atoms with Crippen LogP contribution in [0, 0.1) is 5.82 Å². The number of hydrogen-bond donors (Lipinski definition) is 1. The molecular weight excluding hydrogens is 373 g/mol.